The molecule has 0 aromatic heterocycles. The van der Waals surface area contributed by atoms with E-state index in [0.717, 1.165) is 30.5 Å². The van der Waals surface area contributed by atoms with Gasteiger partial charge in [0, 0.05) is 22.5 Å². The van der Waals surface area contributed by atoms with Gasteiger partial charge in [-0.05, 0) is 24.5 Å². The molecule has 0 fully saturated rings. The Hall–Kier alpha value is -0.480. The van der Waals surface area contributed by atoms with Gasteiger partial charge in [-0.1, -0.05) is 34.1 Å². The Morgan fingerprint density at radius 3 is 3.06 bits per heavy atom. The van der Waals surface area contributed by atoms with E-state index in [-0.39, 0.29) is 11.8 Å². The van der Waals surface area contributed by atoms with Gasteiger partial charge in [-0.2, -0.15) is 0 Å². The van der Waals surface area contributed by atoms with Crippen molar-refractivity contribution >= 4 is 33.6 Å². The van der Waals surface area contributed by atoms with E-state index in [1.165, 1.54) is 10.5 Å². The van der Waals surface area contributed by atoms with E-state index in [0.29, 0.717) is 0 Å². The van der Waals surface area contributed by atoms with Crippen molar-refractivity contribution in [2.75, 3.05) is 17.6 Å². The maximum atomic E-state index is 12.0. The van der Waals surface area contributed by atoms with Crippen LogP contribution in [-0.2, 0) is 4.79 Å². The highest BCUT2D eigenvalue weighted by Gasteiger charge is 2.28. The van der Waals surface area contributed by atoms with Crippen LogP contribution in [0.25, 0.3) is 0 Å². The van der Waals surface area contributed by atoms with E-state index < -0.39 is 0 Å². The average Bonchev–Trinajstić information content (AvgIpc) is 2.78. The fourth-order valence-electron chi connectivity index (χ4n) is 1.93. The minimum Gasteiger partial charge on any atom is -0.356 e. The Morgan fingerprint density at radius 2 is 2.24 bits per heavy atom. The predicted molar refractivity (Wildman–Crippen MR) is 75.9 cm³/mol. The fraction of sp³-hybridized carbons (Fsp3) is 0.462. The van der Waals surface area contributed by atoms with Crippen molar-refractivity contribution in [3.05, 3.63) is 29.8 Å². The van der Waals surface area contributed by atoms with Crippen molar-refractivity contribution in [2.24, 2.45) is 0 Å². The highest BCUT2D eigenvalue weighted by molar-refractivity contribution is 9.09. The van der Waals surface area contributed by atoms with Gasteiger partial charge in [-0.15, -0.1) is 11.8 Å². The zero-order valence-electron chi connectivity index (χ0n) is 9.62. The molecule has 1 aromatic rings. The number of hydrogen-bond donors (Lipinski definition) is 1. The Balaban J connectivity index is 1.89. The number of alkyl halides is 1. The molecule has 1 unspecified atom stereocenters. The molecule has 1 N–H and O–H groups in total. The number of thioether (sulfide) groups is 1. The lowest BCUT2D eigenvalue weighted by molar-refractivity contribution is -0.122. The van der Waals surface area contributed by atoms with E-state index in [9.17, 15) is 4.79 Å². The molecule has 17 heavy (non-hydrogen) atoms. The molecule has 4 heteroatoms. The highest BCUT2D eigenvalue weighted by atomic mass is 79.9. The molecule has 0 aliphatic carbocycles. The second-order valence-corrected chi connectivity index (χ2v) is 5.94. The lowest BCUT2D eigenvalue weighted by Crippen LogP contribution is -2.30. The summed E-state index contributed by atoms with van der Waals surface area (Å²) in [6, 6.07) is 8.20. The maximum Gasteiger partial charge on any atom is 0.228 e. The van der Waals surface area contributed by atoms with Crippen LogP contribution in [0.2, 0.25) is 0 Å². The van der Waals surface area contributed by atoms with Gasteiger partial charge >= 0.3 is 0 Å². The SMILES string of the molecule is O=C(NCCCCBr)C1CSc2ccccc21. The minimum absolute atomic E-state index is 0.0418. The zero-order chi connectivity index (χ0) is 12.1. The van der Waals surface area contributed by atoms with Crippen LogP contribution in [0.1, 0.15) is 24.3 Å². The molecular weight excluding hydrogens is 298 g/mol. The average molecular weight is 314 g/mol. The summed E-state index contributed by atoms with van der Waals surface area (Å²) in [5, 5.41) is 4.03. The molecule has 0 saturated heterocycles. The van der Waals surface area contributed by atoms with Crippen molar-refractivity contribution in [1.82, 2.24) is 5.32 Å². The second-order valence-electron chi connectivity index (χ2n) is 4.09. The molecule has 92 valence electrons. The summed E-state index contributed by atoms with van der Waals surface area (Å²) in [5.74, 6) is 1.10. The van der Waals surface area contributed by atoms with Crippen LogP contribution in [0.5, 0.6) is 0 Å². The van der Waals surface area contributed by atoms with E-state index in [2.05, 4.69) is 33.4 Å². The van der Waals surface area contributed by atoms with Crippen LogP contribution >= 0.6 is 27.7 Å². The molecule has 0 spiro atoms. The first-order valence-electron chi connectivity index (χ1n) is 5.88. The third-order valence-corrected chi connectivity index (χ3v) is 4.62. The van der Waals surface area contributed by atoms with Crippen LogP contribution in [0, 0.1) is 0 Å². The number of fused-ring (bicyclic) bond motifs is 1. The number of rotatable bonds is 5. The molecule has 1 heterocycles. The number of hydrogen-bond acceptors (Lipinski definition) is 2. The number of halogens is 1. The van der Waals surface area contributed by atoms with E-state index in [1.807, 2.05) is 12.1 Å². The summed E-state index contributed by atoms with van der Waals surface area (Å²) in [5.41, 5.74) is 1.19. The standard InChI is InChI=1S/C13H16BrNOS/c14-7-3-4-8-15-13(16)11-9-17-12-6-2-1-5-10(11)12/h1-2,5-6,11H,3-4,7-9H2,(H,15,16). The number of carbonyl (C=O) groups excluding carboxylic acids is 1. The monoisotopic (exact) mass is 313 g/mol. The summed E-state index contributed by atoms with van der Waals surface area (Å²) in [6.45, 7) is 0.785. The third kappa shape index (κ3) is 3.26. The highest BCUT2D eigenvalue weighted by Crippen LogP contribution is 2.39. The molecule has 2 nitrogen and oxygen atoms in total. The largest absolute Gasteiger partial charge is 0.356 e. The molecule has 1 atom stereocenters. The van der Waals surface area contributed by atoms with Gasteiger partial charge in [0.25, 0.3) is 0 Å². The summed E-state index contributed by atoms with van der Waals surface area (Å²) in [7, 11) is 0. The van der Waals surface area contributed by atoms with Crippen LogP contribution in [0.4, 0.5) is 0 Å². The summed E-state index contributed by atoms with van der Waals surface area (Å²) < 4.78 is 0. The first kappa shape index (κ1) is 13.0. The van der Waals surface area contributed by atoms with Gasteiger partial charge in [0.2, 0.25) is 5.91 Å². The zero-order valence-corrected chi connectivity index (χ0v) is 12.0. The van der Waals surface area contributed by atoms with Crippen LogP contribution < -0.4 is 5.32 Å². The second kappa shape index (κ2) is 6.45. The van der Waals surface area contributed by atoms with E-state index in [1.54, 1.807) is 11.8 Å². The van der Waals surface area contributed by atoms with Gasteiger partial charge in [-0.25, -0.2) is 0 Å². The number of benzene rings is 1. The van der Waals surface area contributed by atoms with Gasteiger partial charge in [0.05, 0.1) is 5.92 Å². The first-order chi connectivity index (χ1) is 8.33. The van der Waals surface area contributed by atoms with Crippen LogP contribution in [-0.4, -0.2) is 23.5 Å². The van der Waals surface area contributed by atoms with Crippen molar-refractivity contribution in [1.29, 1.82) is 0 Å². The molecular formula is C13H16BrNOS. The smallest absolute Gasteiger partial charge is 0.228 e. The Bertz CT molecular complexity index is 397. The molecule has 0 bridgehead atoms. The van der Waals surface area contributed by atoms with Crippen LogP contribution in [0.15, 0.2) is 29.2 Å². The normalized spacial score (nSPS) is 17.8. The molecule has 0 radical (unpaired) electrons. The molecule has 1 aliphatic rings. The van der Waals surface area contributed by atoms with Crippen molar-refractivity contribution in [3.63, 3.8) is 0 Å². The lowest BCUT2D eigenvalue weighted by atomic mass is 10.0. The maximum absolute atomic E-state index is 12.0. The fourth-order valence-corrected chi connectivity index (χ4v) is 3.56. The van der Waals surface area contributed by atoms with Crippen molar-refractivity contribution < 1.29 is 4.79 Å². The summed E-state index contributed by atoms with van der Waals surface area (Å²) in [4.78, 5) is 13.3. The van der Waals surface area contributed by atoms with Crippen molar-refractivity contribution in [2.45, 2.75) is 23.7 Å². The first-order valence-corrected chi connectivity index (χ1v) is 7.99. The minimum atomic E-state index is 0.0418. The number of carbonyl (C=O) groups is 1. The molecule has 1 aliphatic heterocycles. The summed E-state index contributed by atoms with van der Waals surface area (Å²) >= 11 is 5.17. The quantitative estimate of drug-likeness (QED) is 0.668. The Kier molecular flexibility index (Phi) is 4.92. The lowest BCUT2D eigenvalue weighted by Gasteiger charge is -2.11. The topological polar surface area (TPSA) is 29.1 Å². The van der Waals surface area contributed by atoms with Gasteiger partial charge in [-0.3, -0.25) is 4.79 Å². The molecule has 1 aromatic carbocycles. The van der Waals surface area contributed by atoms with E-state index >= 15 is 0 Å². The van der Waals surface area contributed by atoms with E-state index in [4.69, 9.17) is 0 Å². The van der Waals surface area contributed by atoms with Gasteiger partial charge in [0.15, 0.2) is 0 Å². The number of nitrogens with one attached hydrogen (secondary N) is 1. The van der Waals surface area contributed by atoms with Gasteiger partial charge in [0.1, 0.15) is 0 Å². The third-order valence-electron chi connectivity index (χ3n) is 2.88. The van der Waals surface area contributed by atoms with Gasteiger partial charge < -0.3 is 5.32 Å². The number of amides is 1. The van der Waals surface area contributed by atoms with Crippen molar-refractivity contribution in [3.8, 4) is 0 Å². The van der Waals surface area contributed by atoms with Crippen LogP contribution in [0.3, 0.4) is 0 Å². The molecule has 2 rings (SSSR count). The Morgan fingerprint density at radius 1 is 1.41 bits per heavy atom. The molecule has 0 saturated carbocycles. The number of unbranched alkanes of at least 4 members (excludes halogenated alkanes) is 1. The predicted octanol–water partition coefficient (Wildman–Crippen LogP) is 3.17. The Labute approximate surface area is 115 Å². The molecule has 1 amide bonds. The summed E-state index contributed by atoms with van der Waals surface area (Å²) in [6.07, 6.45) is 2.15.